The fourth-order valence-electron chi connectivity index (χ4n) is 3.78. The van der Waals surface area contributed by atoms with Crippen LogP contribution in [0.4, 0.5) is 4.79 Å². The molecule has 2 aromatic carbocycles. The zero-order valence-electron chi connectivity index (χ0n) is 15.2. The molecule has 2 aromatic rings. The number of benzene rings is 2. The molecule has 1 N–H and O–H groups in total. The van der Waals surface area contributed by atoms with Gasteiger partial charge >= 0.3 is 6.03 Å². The number of hydrogen-bond acceptors (Lipinski definition) is 4. The van der Waals surface area contributed by atoms with Crippen molar-refractivity contribution in [3.63, 3.8) is 0 Å². The first-order valence-electron chi connectivity index (χ1n) is 8.89. The van der Waals surface area contributed by atoms with Crippen LogP contribution in [0.5, 0.6) is 5.75 Å². The number of Topliss-reactive ketones (excluding diaryl/α,β-unsaturated/α-hetero) is 1. The first-order chi connectivity index (χ1) is 12.9. The molecule has 0 bridgehead atoms. The minimum Gasteiger partial charge on any atom is -0.493 e. The van der Waals surface area contributed by atoms with Gasteiger partial charge in [-0.15, -0.1) is 0 Å². The molecule has 6 heteroatoms. The number of carbonyl (C=O) groups is 3. The molecular formula is C21H20N2O4. The average molecular weight is 364 g/mol. The van der Waals surface area contributed by atoms with E-state index in [1.54, 1.807) is 24.3 Å². The van der Waals surface area contributed by atoms with Crippen LogP contribution >= 0.6 is 0 Å². The Morgan fingerprint density at radius 3 is 2.78 bits per heavy atom. The highest BCUT2D eigenvalue weighted by Crippen LogP contribution is 2.40. The molecule has 2 aliphatic heterocycles. The molecule has 27 heavy (non-hydrogen) atoms. The van der Waals surface area contributed by atoms with E-state index in [-0.39, 0.29) is 12.3 Å². The van der Waals surface area contributed by atoms with Crippen molar-refractivity contribution in [2.45, 2.75) is 25.8 Å². The van der Waals surface area contributed by atoms with Gasteiger partial charge in [-0.1, -0.05) is 35.9 Å². The Labute approximate surface area is 157 Å². The molecule has 3 amide bonds. The summed E-state index contributed by atoms with van der Waals surface area (Å²) in [7, 11) is 0. The first-order valence-corrected chi connectivity index (χ1v) is 8.89. The maximum Gasteiger partial charge on any atom is 0.325 e. The molecule has 1 unspecified atom stereocenters. The molecular weight excluding hydrogens is 344 g/mol. The lowest BCUT2D eigenvalue weighted by atomic mass is 9.84. The maximum absolute atomic E-state index is 13.2. The van der Waals surface area contributed by atoms with Gasteiger partial charge in [0.15, 0.2) is 11.3 Å². The second-order valence-electron chi connectivity index (χ2n) is 7.06. The molecule has 1 fully saturated rings. The molecule has 1 atom stereocenters. The first kappa shape index (κ1) is 17.3. The van der Waals surface area contributed by atoms with E-state index in [2.05, 4.69) is 5.32 Å². The van der Waals surface area contributed by atoms with Crippen LogP contribution in [0.1, 0.15) is 33.5 Å². The van der Waals surface area contributed by atoms with Crippen LogP contribution in [-0.2, 0) is 10.3 Å². The highest BCUT2D eigenvalue weighted by atomic mass is 16.5. The number of nitrogens with zero attached hydrogens (tertiary/aromatic N) is 1. The number of imide groups is 1. The van der Waals surface area contributed by atoms with Crippen LogP contribution in [-0.4, -0.2) is 35.8 Å². The van der Waals surface area contributed by atoms with Crippen molar-refractivity contribution in [3.05, 3.63) is 64.7 Å². The summed E-state index contributed by atoms with van der Waals surface area (Å²) < 4.78 is 5.62. The van der Waals surface area contributed by atoms with Crippen molar-refractivity contribution in [3.8, 4) is 5.75 Å². The minimum absolute atomic E-state index is 0.253. The third kappa shape index (κ3) is 2.68. The van der Waals surface area contributed by atoms with Gasteiger partial charge in [-0.2, -0.15) is 0 Å². The van der Waals surface area contributed by atoms with Crippen LogP contribution in [0, 0.1) is 13.8 Å². The molecule has 0 radical (unpaired) electrons. The lowest BCUT2D eigenvalue weighted by Crippen LogP contribution is -2.47. The number of para-hydroxylation sites is 1. The van der Waals surface area contributed by atoms with Gasteiger partial charge in [-0.25, -0.2) is 4.79 Å². The second-order valence-corrected chi connectivity index (χ2v) is 7.06. The van der Waals surface area contributed by atoms with E-state index in [1.807, 2.05) is 32.0 Å². The Hall–Kier alpha value is -3.15. The van der Waals surface area contributed by atoms with Gasteiger partial charge in [-0.3, -0.25) is 14.5 Å². The molecule has 0 saturated carbocycles. The Kier molecular flexibility index (Phi) is 3.98. The van der Waals surface area contributed by atoms with E-state index < -0.39 is 17.5 Å². The average Bonchev–Trinajstić information content (AvgIpc) is 2.89. The van der Waals surface area contributed by atoms with E-state index in [0.717, 1.165) is 16.0 Å². The third-order valence-electron chi connectivity index (χ3n) is 5.25. The number of aryl methyl sites for hydroxylation is 2. The van der Waals surface area contributed by atoms with Crippen molar-refractivity contribution >= 4 is 17.7 Å². The normalized spacial score (nSPS) is 21.0. The van der Waals surface area contributed by atoms with Gasteiger partial charge in [0.05, 0.1) is 13.2 Å². The molecule has 138 valence electrons. The predicted octanol–water partition coefficient (Wildman–Crippen LogP) is 2.72. The second kappa shape index (κ2) is 6.23. The van der Waals surface area contributed by atoms with Crippen molar-refractivity contribution < 1.29 is 19.1 Å². The zero-order valence-corrected chi connectivity index (χ0v) is 15.2. The van der Waals surface area contributed by atoms with E-state index >= 15 is 0 Å². The summed E-state index contributed by atoms with van der Waals surface area (Å²) in [6.45, 7) is 3.79. The standard InChI is InChI=1S/C21H20N2O4/c1-13-7-8-14(2)15(11-13)17(24)12-23-19(25)21(22-20(23)26)9-10-27-18-6-4-3-5-16(18)21/h3-8,11H,9-10,12H2,1-2H3,(H,22,26). The van der Waals surface area contributed by atoms with Crippen molar-refractivity contribution in [2.75, 3.05) is 13.2 Å². The Balaban J connectivity index is 1.65. The smallest absolute Gasteiger partial charge is 0.325 e. The maximum atomic E-state index is 13.2. The molecule has 6 nitrogen and oxygen atoms in total. The fourth-order valence-corrected chi connectivity index (χ4v) is 3.78. The van der Waals surface area contributed by atoms with Crippen LogP contribution < -0.4 is 10.1 Å². The number of fused-ring (bicyclic) bond motifs is 2. The lowest BCUT2D eigenvalue weighted by Gasteiger charge is -2.33. The fraction of sp³-hybridized carbons (Fsp3) is 0.286. The predicted molar refractivity (Wildman–Crippen MR) is 98.7 cm³/mol. The van der Waals surface area contributed by atoms with Crippen molar-refractivity contribution in [2.24, 2.45) is 0 Å². The number of rotatable bonds is 3. The molecule has 2 heterocycles. The molecule has 1 spiro atoms. The van der Waals surface area contributed by atoms with E-state index in [4.69, 9.17) is 4.74 Å². The summed E-state index contributed by atoms with van der Waals surface area (Å²) in [4.78, 5) is 39.6. The molecule has 0 aromatic heterocycles. The van der Waals surface area contributed by atoms with Gasteiger partial charge in [0.2, 0.25) is 0 Å². The molecule has 4 rings (SSSR count). The number of nitrogens with one attached hydrogen (secondary N) is 1. The summed E-state index contributed by atoms with van der Waals surface area (Å²) in [5.74, 6) is -0.0703. The lowest BCUT2D eigenvalue weighted by molar-refractivity contribution is -0.132. The van der Waals surface area contributed by atoms with E-state index in [9.17, 15) is 14.4 Å². The molecule has 0 aliphatic carbocycles. The van der Waals surface area contributed by atoms with Gasteiger partial charge in [0, 0.05) is 17.5 Å². The summed E-state index contributed by atoms with van der Waals surface area (Å²) in [6.07, 6.45) is 0.336. The Morgan fingerprint density at radius 1 is 1.19 bits per heavy atom. The summed E-state index contributed by atoms with van der Waals surface area (Å²) >= 11 is 0. The summed E-state index contributed by atoms with van der Waals surface area (Å²) in [6, 6.07) is 12.2. The number of hydrogen-bond donors (Lipinski definition) is 1. The Morgan fingerprint density at radius 2 is 1.96 bits per heavy atom. The number of ketones is 1. The van der Waals surface area contributed by atoms with Gasteiger partial charge in [0.1, 0.15) is 5.75 Å². The molecule has 1 saturated heterocycles. The van der Waals surface area contributed by atoms with Crippen LogP contribution in [0.25, 0.3) is 0 Å². The number of urea groups is 1. The number of carbonyl (C=O) groups excluding carboxylic acids is 3. The minimum atomic E-state index is -1.16. The van der Waals surface area contributed by atoms with Crippen molar-refractivity contribution in [1.29, 1.82) is 0 Å². The quantitative estimate of drug-likeness (QED) is 0.671. The third-order valence-corrected chi connectivity index (χ3v) is 5.25. The number of amides is 3. The highest BCUT2D eigenvalue weighted by Gasteiger charge is 2.55. The van der Waals surface area contributed by atoms with Gasteiger partial charge in [0.25, 0.3) is 5.91 Å². The van der Waals surface area contributed by atoms with Gasteiger partial charge < -0.3 is 10.1 Å². The largest absolute Gasteiger partial charge is 0.493 e. The SMILES string of the molecule is Cc1ccc(C)c(C(=O)CN2C(=O)NC3(CCOc4ccccc43)C2=O)c1. The monoisotopic (exact) mass is 364 g/mol. The van der Waals surface area contributed by atoms with Crippen molar-refractivity contribution in [1.82, 2.24) is 10.2 Å². The summed E-state index contributed by atoms with van der Waals surface area (Å²) in [5, 5.41) is 2.81. The molecule has 2 aliphatic rings. The van der Waals surface area contributed by atoms with Gasteiger partial charge in [-0.05, 0) is 31.5 Å². The Bertz CT molecular complexity index is 968. The van der Waals surface area contributed by atoms with Crippen LogP contribution in [0.15, 0.2) is 42.5 Å². The zero-order chi connectivity index (χ0) is 19.2. The number of ether oxygens (including phenoxy) is 1. The summed E-state index contributed by atoms with van der Waals surface area (Å²) in [5.41, 5.74) is 1.79. The van der Waals surface area contributed by atoms with Crippen LogP contribution in [0.3, 0.4) is 0 Å². The van der Waals surface area contributed by atoms with E-state index in [1.165, 1.54) is 0 Å². The topological polar surface area (TPSA) is 75.7 Å². The van der Waals surface area contributed by atoms with E-state index in [0.29, 0.717) is 29.9 Å². The van der Waals surface area contributed by atoms with Crippen LogP contribution in [0.2, 0.25) is 0 Å². The highest BCUT2D eigenvalue weighted by molar-refractivity contribution is 6.12.